The predicted octanol–water partition coefficient (Wildman–Crippen LogP) is 2.39. The molecule has 4 heteroatoms. The number of rotatable bonds is 5. The minimum absolute atomic E-state index is 0.0354. The quantitative estimate of drug-likeness (QED) is 0.857. The topological polar surface area (TPSA) is 37.3 Å². The Morgan fingerprint density at radius 1 is 1.24 bits per heavy atom. The molecule has 2 aromatic rings. The summed E-state index contributed by atoms with van der Waals surface area (Å²) in [5, 5.41) is 4.07. The number of aryl methyl sites for hydroxylation is 1. The molecular formula is C17H23N3O. The third-order valence-corrected chi connectivity index (χ3v) is 4.28. The van der Waals surface area contributed by atoms with Gasteiger partial charge in [0.05, 0.1) is 5.56 Å². The molecule has 21 heavy (non-hydrogen) atoms. The Morgan fingerprint density at radius 3 is 2.81 bits per heavy atom. The van der Waals surface area contributed by atoms with Crippen LogP contribution in [0, 0.1) is 0 Å². The van der Waals surface area contributed by atoms with Crippen LogP contribution in [0.2, 0.25) is 0 Å². The second-order valence-electron chi connectivity index (χ2n) is 5.83. The highest BCUT2D eigenvalue weighted by atomic mass is 16.1. The summed E-state index contributed by atoms with van der Waals surface area (Å²) in [6, 6.07) is 8.03. The molecule has 112 valence electrons. The summed E-state index contributed by atoms with van der Waals surface area (Å²) in [6.45, 7) is 4.28. The molecule has 1 aromatic heterocycles. The number of hydrogen-bond donors (Lipinski definition) is 1. The maximum atomic E-state index is 12.3. The van der Waals surface area contributed by atoms with Crippen molar-refractivity contribution in [1.29, 1.82) is 0 Å². The fourth-order valence-electron chi connectivity index (χ4n) is 3.13. The van der Waals surface area contributed by atoms with Crippen molar-refractivity contribution < 1.29 is 4.79 Å². The van der Waals surface area contributed by atoms with Gasteiger partial charge in [-0.1, -0.05) is 18.2 Å². The van der Waals surface area contributed by atoms with Crippen LogP contribution in [0.4, 0.5) is 0 Å². The molecule has 3 rings (SSSR count). The Kier molecular flexibility index (Phi) is 4.25. The van der Waals surface area contributed by atoms with Gasteiger partial charge >= 0.3 is 0 Å². The van der Waals surface area contributed by atoms with Crippen LogP contribution in [0.25, 0.3) is 10.9 Å². The molecular weight excluding hydrogens is 262 g/mol. The monoisotopic (exact) mass is 285 g/mol. The molecule has 1 aliphatic rings. The summed E-state index contributed by atoms with van der Waals surface area (Å²) in [7, 11) is 1.98. The standard InChI is InChI=1S/C17H23N3O/c1-19-13-15(14-7-2-3-8-16(14)19)17(21)18-9-6-12-20-10-4-5-11-20/h2-3,7-8,13H,4-6,9-12H2,1H3,(H,18,21). The molecule has 0 bridgehead atoms. The van der Waals surface area contributed by atoms with E-state index in [2.05, 4.69) is 10.2 Å². The van der Waals surface area contributed by atoms with Gasteiger partial charge in [0.2, 0.25) is 0 Å². The normalized spacial score (nSPS) is 15.7. The van der Waals surface area contributed by atoms with Crippen molar-refractivity contribution >= 4 is 16.8 Å². The van der Waals surface area contributed by atoms with E-state index in [1.807, 2.05) is 42.1 Å². The second kappa shape index (κ2) is 6.31. The van der Waals surface area contributed by atoms with Crippen LogP contribution < -0.4 is 5.32 Å². The Morgan fingerprint density at radius 2 is 2.00 bits per heavy atom. The number of aromatic nitrogens is 1. The number of carbonyl (C=O) groups excluding carboxylic acids is 1. The van der Waals surface area contributed by atoms with Gasteiger partial charge in [0.1, 0.15) is 0 Å². The van der Waals surface area contributed by atoms with Crippen LogP contribution in [0.15, 0.2) is 30.5 Å². The number of amides is 1. The van der Waals surface area contributed by atoms with Crippen molar-refractivity contribution in [3.05, 3.63) is 36.0 Å². The Labute approximate surface area is 125 Å². The number of benzene rings is 1. The number of hydrogen-bond acceptors (Lipinski definition) is 2. The van der Waals surface area contributed by atoms with Gasteiger partial charge in [0.15, 0.2) is 0 Å². The largest absolute Gasteiger partial charge is 0.352 e. The molecule has 0 saturated carbocycles. The summed E-state index contributed by atoms with van der Waals surface area (Å²) >= 11 is 0. The van der Waals surface area contributed by atoms with Crippen molar-refractivity contribution in [2.24, 2.45) is 7.05 Å². The van der Waals surface area contributed by atoms with Crippen LogP contribution in [-0.4, -0.2) is 41.6 Å². The molecule has 1 aromatic carbocycles. The zero-order chi connectivity index (χ0) is 14.7. The average Bonchev–Trinajstić information content (AvgIpc) is 3.12. The molecule has 0 spiro atoms. The lowest BCUT2D eigenvalue weighted by molar-refractivity contribution is 0.0953. The van der Waals surface area contributed by atoms with E-state index in [4.69, 9.17) is 0 Å². The number of likely N-dealkylation sites (tertiary alicyclic amines) is 1. The summed E-state index contributed by atoms with van der Waals surface area (Å²) in [4.78, 5) is 14.8. The van der Waals surface area contributed by atoms with E-state index in [0.29, 0.717) is 0 Å². The van der Waals surface area contributed by atoms with E-state index in [1.54, 1.807) is 0 Å². The van der Waals surface area contributed by atoms with E-state index in [9.17, 15) is 4.79 Å². The first-order valence-corrected chi connectivity index (χ1v) is 7.80. The zero-order valence-corrected chi connectivity index (χ0v) is 12.6. The molecule has 4 nitrogen and oxygen atoms in total. The third-order valence-electron chi connectivity index (χ3n) is 4.28. The van der Waals surface area contributed by atoms with Crippen molar-refractivity contribution in [1.82, 2.24) is 14.8 Å². The van der Waals surface area contributed by atoms with Crippen LogP contribution in [0.3, 0.4) is 0 Å². The van der Waals surface area contributed by atoms with E-state index >= 15 is 0 Å². The van der Waals surface area contributed by atoms with Crippen molar-refractivity contribution in [3.8, 4) is 0 Å². The number of carbonyl (C=O) groups is 1. The van der Waals surface area contributed by atoms with Gasteiger partial charge in [-0.2, -0.15) is 0 Å². The molecule has 0 atom stereocenters. The molecule has 1 N–H and O–H groups in total. The number of nitrogens with one attached hydrogen (secondary N) is 1. The Bertz CT molecular complexity index is 626. The highest BCUT2D eigenvalue weighted by molar-refractivity contribution is 6.06. The van der Waals surface area contributed by atoms with Crippen LogP contribution in [0.5, 0.6) is 0 Å². The molecule has 1 fully saturated rings. The smallest absolute Gasteiger partial charge is 0.253 e. The second-order valence-corrected chi connectivity index (χ2v) is 5.83. The maximum absolute atomic E-state index is 12.3. The van der Waals surface area contributed by atoms with Gasteiger partial charge in [0, 0.05) is 30.7 Å². The van der Waals surface area contributed by atoms with Crippen molar-refractivity contribution in [2.45, 2.75) is 19.3 Å². The van der Waals surface area contributed by atoms with E-state index in [1.165, 1.54) is 25.9 Å². The first-order valence-electron chi connectivity index (χ1n) is 7.80. The van der Waals surface area contributed by atoms with E-state index in [0.717, 1.165) is 36.0 Å². The SMILES string of the molecule is Cn1cc(C(=O)NCCCN2CCCC2)c2ccccc21. The fraction of sp³-hybridized carbons (Fsp3) is 0.471. The van der Waals surface area contributed by atoms with Gasteiger partial charge in [-0.15, -0.1) is 0 Å². The molecule has 0 aliphatic carbocycles. The first-order chi connectivity index (χ1) is 10.3. The van der Waals surface area contributed by atoms with Crippen molar-refractivity contribution in [2.75, 3.05) is 26.2 Å². The minimum atomic E-state index is 0.0354. The summed E-state index contributed by atoms with van der Waals surface area (Å²) < 4.78 is 2.01. The van der Waals surface area contributed by atoms with E-state index < -0.39 is 0 Å². The number of para-hydroxylation sites is 1. The lowest BCUT2D eigenvalue weighted by atomic mass is 10.1. The molecule has 2 heterocycles. The molecule has 1 saturated heterocycles. The lowest BCUT2D eigenvalue weighted by Gasteiger charge is -2.14. The van der Waals surface area contributed by atoms with Gasteiger partial charge in [-0.3, -0.25) is 4.79 Å². The highest BCUT2D eigenvalue weighted by Gasteiger charge is 2.14. The Hall–Kier alpha value is -1.81. The summed E-state index contributed by atoms with van der Waals surface area (Å²) in [5.74, 6) is 0.0354. The first kappa shape index (κ1) is 14.1. The van der Waals surface area contributed by atoms with Crippen LogP contribution >= 0.6 is 0 Å². The van der Waals surface area contributed by atoms with Crippen molar-refractivity contribution in [3.63, 3.8) is 0 Å². The summed E-state index contributed by atoms with van der Waals surface area (Å²) in [6.07, 6.45) is 5.59. The Balaban J connectivity index is 1.56. The molecule has 0 radical (unpaired) electrons. The minimum Gasteiger partial charge on any atom is -0.352 e. The van der Waals surface area contributed by atoms with E-state index in [-0.39, 0.29) is 5.91 Å². The van der Waals surface area contributed by atoms with Crippen LogP contribution in [-0.2, 0) is 7.05 Å². The number of nitrogens with zero attached hydrogens (tertiary/aromatic N) is 2. The molecule has 1 aliphatic heterocycles. The molecule has 1 amide bonds. The predicted molar refractivity (Wildman–Crippen MR) is 85.5 cm³/mol. The summed E-state index contributed by atoms with van der Waals surface area (Å²) in [5.41, 5.74) is 1.87. The third kappa shape index (κ3) is 3.10. The maximum Gasteiger partial charge on any atom is 0.253 e. The van der Waals surface area contributed by atoms with Crippen LogP contribution in [0.1, 0.15) is 29.6 Å². The number of fused-ring (bicyclic) bond motifs is 1. The fourth-order valence-corrected chi connectivity index (χ4v) is 3.13. The van der Waals surface area contributed by atoms with Gasteiger partial charge in [-0.25, -0.2) is 0 Å². The average molecular weight is 285 g/mol. The van der Waals surface area contributed by atoms with Gasteiger partial charge < -0.3 is 14.8 Å². The zero-order valence-electron chi connectivity index (χ0n) is 12.6. The molecule has 0 unspecified atom stereocenters. The highest BCUT2D eigenvalue weighted by Crippen LogP contribution is 2.20. The van der Waals surface area contributed by atoms with Gasteiger partial charge in [0.25, 0.3) is 5.91 Å². The van der Waals surface area contributed by atoms with Gasteiger partial charge in [-0.05, 0) is 45.0 Å². The lowest BCUT2D eigenvalue weighted by Crippen LogP contribution is -2.28.